The first kappa shape index (κ1) is 19.8. The van der Waals surface area contributed by atoms with Gasteiger partial charge in [-0.2, -0.15) is 0 Å². The molecule has 0 bridgehead atoms. The molecule has 0 atom stereocenters. The highest BCUT2D eigenvalue weighted by molar-refractivity contribution is 5.96. The fraction of sp³-hybridized carbons (Fsp3) is 0.185. The van der Waals surface area contributed by atoms with Crippen LogP contribution in [0.3, 0.4) is 0 Å². The summed E-state index contributed by atoms with van der Waals surface area (Å²) in [6.07, 6.45) is 3.72. The van der Waals surface area contributed by atoms with Gasteiger partial charge in [0.05, 0.1) is 5.56 Å². The van der Waals surface area contributed by atoms with Crippen LogP contribution in [0.5, 0.6) is 11.5 Å². The Balaban J connectivity index is 1.62. The van der Waals surface area contributed by atoms with E-state index < -0.39 is 0 Å². The van der Waals surface area contributed by atoms with E-state index in [0.29, 0.717) is 11.4 Å². The molecule has 3 N–H and O–H groups in total. The maximum absolute atomic E-state index is 10.7. The van der Waals surface area contributed by atoms with E-state index in [1.807, 2.05) is 24.4 Å². The van der Waals surface area contributed by atoms with Crippen LogP contribution in [-0.2, 0) is 0 Å². The molecule has 1 aliphatic heterocycles. The Morgan fingerprint density at radius 3 is 2.52 bits per heavy atom. The number of hydrogen-bond acceptors (Lipinski definition) is 5. The molecule has 1 saturated heterocycles. The molecule has 0 amide bonds. The molecule has 0 spiro atoms. The summed E-state index contributed by atoms with van der Waals surface area (Å²) in [6.45, 7) is 1.83. The first-order valence-corrected chi connectivity index (χ1v) is 11.3. The van der Waals surface area contributed by atoms with E-state index in [9.17, 15) is 10.2 Å². The Labute approximate surface area is 191 Å². The summed E-state index contributed by atoms with van der Waals surface area (Å²) in [5, 5.41) is 26.6. The van der Waals surface area contributed by atoms with Crippen LogP contribution in [-0.4, -0.2) is 37.8 Å². The van der Waals surface area contributed by atoms with Crippen LogP contribution in [0.2, 0.25) is 0 Å². The normalized spacial score (nSPS) is 14.8. The second-order valence-electron chi connectivity index (χ2n) is 8.55. The molecule has 5 aromatic rings. The number of piperidine rings is 1. The Morgan fingerprint density at radius 1 is 0.848 bits per heavy atom. The Kier molecular flexibility index (Phi) is 4.73. The van der Waals surface area contributed by atoms with Gasteiger partial charge in [0.25, 0.3) is 0 Å². The number of aromatic hydroxyl groups is 2. The number of nitrogens with one attached hydrogen (secondary N) is 1. The SMILES string of the molecule is Oc1cccc(-c2nc3c(-c4ccc5ccccc5c4)ccnc3n2C2CCNCC2)c1O. The molecule has 0 radical (unpaired) electrons. The quantitative estimate of drug-likeness (QED) is 0.336. The Morgan fingerprint density at radius 2 is 1.67 bits per heavy atom. The fourth-order valence-corrected chi connectivity index (χ4v) is 4.89. The number of phenols is 2. The minimum atomic E-state index is -0.157. The van der Waals surface area contributed by atoms with Gasteiger partial charge in [0.15, 0.2) is 17.1 Å². The second-order valence-corrected chi connectivity index (χ2v) is 8.55. The van der Waals surface area contributed by atoms with E-state index in [1.54, 1.807) is 12.1 Å². The van der Waals surface area contributed by atoms with Gasteiger partial charge < -0.3 is 20.1 Å². The van der Waals surface area contributed by atoms with Crippen LogP contribution in [0.25, 0.3) is 44.5 Å². The van der Waals surface area contributed by atoms with Crippen molar-refractivity contribution in [1.82, 2.24) is 19.9 Å². The molecule has 2 aromatic heterocycles. The van der Waals surface area contributed by atoms with Gasteiger partial charge in [-0.05, 0) is 66.5 Å². The summed E-state index contributed by atoms with van der Waals surface area (Å²) in [5.74, 6) is 0.320. The second kappa shape index (κ2) is 7.90. The predicted octanol–water partition coefficient (Wildman–Crippen LogP) is 5.25. The smallest absolute Gasteiger partial charge is 0.168 e. The highest BCUT2D eigenvalue weighted by Crippen LogP contribution is 2.41. The third-order valence-corrected chi connectivity index (χ3v) is 6.57. The van der Waals surface area contributed by atoms with Gasteiger partial charge in [-0.15, -0.1) is 0 Å². The molecule has 164 valence electrons. The lowest BCUT2D eigenvalue weighted by atomic mass is 10.0. The first-order valence-electron chi connectivity index (χ1n) is 11.3. The number of aromatic nitrogens is 3. The van der Waals surface area contributed by atoms with Crippen LogP contribution in [0.1, 0.15) is 18.9 Å². The van der Waals surface area contributed by atoms with E-state index in [2.05, 4.69) is 40.2 Å². The number of fused-ring (bicyclic) bond motifs is 2. The van der Waals surface area contributed by atoms with E-state index in [0.717, 1.165) is 48.2 Å². The van der Waals surface area contributed by atoms with Crippen molar-refractivity contribution in [2.24, 2.45) is 0 Å². The molecule has 6 rings (SSSR count). The number of para-hydroxylation sites is 1. The Bertz CT molecular complexity index is 1480. The van der Waals surface area contributed by atoms with Crippen molar-refractivity contribution < 1.29 is 10.2 Å². The number of phenolic OH excluding ortho intramolecular Hbond substituents is 2. The first-order chi connectivity index (χ1) is 16.2. The number of imidazole rings is 1. The van der Waals surface area contributed by atoms with Crippen LogP contribution >= 0.6 is 0 Å². The van der Waals surface area contributed by atoms with Crippen molar-refractivity contribution in [3.63, 3.8) is 0 Å². The number of pyridine rings is 1. The minimum absolute atomic E-state index is 0.154. The zero-order chi connectivity index (χ0) is 22.4. The molecule has 6 nitrogen and oxygen atoms in total. The van der Waals surface area contributed by atoms with E-state index in [4.69, 9.17) is 9.97 Å². The lowest BCUT2D eigenvalue weighted by Crippen LogP contribution is -2.29. The third kappa shape index (κ3) is 3.31. The molecule has 1 fully saturated rings. The van der Waals surface area contributed by atoms with E-state index >= 15 is 0 Å². The average molecular weight is 437 g/mol. The zero-order valence-electron chi connectivity index (χ0n) is 18.1. The molecule has 1 aliphatic rings. The summed E-state index contributed by atoms with van der Waals surface area (Å²) >= 11 is 0. The maximum atomic E-state index is 10.7. The molecule has 0 aliphatic carbocycles. The van der Waals surface area contributed by atoms with Crippen LogP contribution in [0.15, 0.2) is 72.9 Å². The van der Waals surface area contributed by atoms with Crippen molar-refractivity contribution in [2.75, 3.05) is 13.1 Å². The van der Waals surface area contributed by atoms with Crippen molar-refractivity contribution in [3.05, 3.63) is 72.9 Å². The van der Waals surface area contributed by atoms with Crippen molar-refractivity contribution in [3.8, 4) is 34.0 Å². The minimum Gasteiger partial charge on any atom is -0.504 e. The van der Waals surface area contributed by atoms with Gasteiger partial charge in [-0.1, -0.05) is 42.5 Å². The van der Waals surface area contributed by atoms with Crippen LogP contribution in [0.4, 0.5) is 0 Å². The van der Waals surface area contributed by atoms with Crippen molar-refractivity contribution in [2.45, 2.75) is 18.9 Å². The zero-order valence-corrected chi connectivity index (χ0v) is 18.1. The monoisotopic (exact) mass is 436 g/mol. The van der Waals surface area contributed by atoms with E-state index in [1.165, 1.54) is 16.8 Å². The number of nitrogens with zero attached hydrogens (tertiary/aromatic N) is 3. The number of benzene rings is 3. The molecule has 3 heterocycles. The third-order valence-electron chi connectivity index (χ3n) is 6.57. The molecule has 0 unspecified atom stereocenters. The van der Waals surface area contributed by atoms with Gasteiger partial charge in [0, 0.05) is 17.8 Å². The predicted molar refractivity (Wildman–Crippen MR) is 130 cm³/mol. The Hall–Kier alpha value is -3.90. The fourth-order valence-electron chi connectivity index (χ4n) is 4.89. The number of rotatable bonds is 3. The summed E-state index contributed by atoms with van der Waals surface area (Å²) in [4.78, 5) is 9.76. The van der Waals surface area contributed by atoms with Gasteiger partial charge >= 0.3 is 0 Å². The lowest BCUT2D eigenvalue weighted by Gasteiger charge is -2.26. The van der Waals surface area contributed by atoms with Gasteiger partial charge in [-0.25, -0.2) is 9.97 Å². The van der Waals surface area contributed by atoms with Crippen molar-refractivity contribution in [1.29, 1.82) is 0 Å². The molecule has 33 heavy (non-hydrogen) atoms. The number of hydrogen-bond donors (Lipinski definition) is 3. The van der Waals surface area contributed by atoms with Gasteiger partial charge in [-0.3, -0.25) is 0 Å². The molecule has 6 heteroatoms. The topological polar surface area (TPSA) is 83.2 Å². The highest BCUT2D eigenvalue weighted by Gasteiger charge is 2.26. The van der Waals surface area contributed by atoms with Gasteiger partial charge in [0.1, 0.15) is 11.3 Å². The summed E-state index contributed by atoms with van der Waals surface area (Å²) in [7, 11) is 0. The molecule has 0 saturated carbocycles. The van der Waals surface area contributed by atoms with Crippen molar-refractivity contribution >= 4 is 21.9 Å². The van der Waals surface area contributed by atoms with Crippen LogP contribution in [0, 0.1) is 0 Å². The van der Waals surface area contributed by atoms with Crippen LogP contribution < -0.4 is 5.32 Å². The highest BCUT2D eigenvalue weighted by atomic mass is 16.3. The van der Waals surface area contributed by atoms with E-state index in [-0.39, 0.29) is 17.5 Å². The summed E-state index contributed by atoms with van der Waals surface area (Å²) < 4.78 is 2.15. The molecular weight excluding hydrogens is 412 g/mol. The average Bonchev–Trinajstić information content (AvgIpc) is 3.25. The summed E-state index contributed by atoms with van der Waals surface area (Å²) in [6, 6.07) is 21.9. The largest absolute Gasteiger partial charge is 0.504 e. The molecular formula is C27H24N4O2. The molecule has 3 aromatic carbocycles. The lowest BCUT2D eigenvalue weighted by molar-refractivity contribution is 0.374. The standard InChI is InChI=1S/C27H24N4O2/c32-23-7-3-6-22(25(23)33)26-30-24-21(19-9-8-17-4-1-2-5-18(17)16-19)12-15-29-27(24)31(26)20-10-13-28-14-11-20/h1-9,12,15-16,20,28,32-33H,10-11,13-14H2. The van der Waals surface area contributed by atoms with Gasteiger partial charge in [0.2, 0.25) is 0 Å². The summed E-state index contributed by atoms with van der Waals surface area (Å²) in [5.41, 5.74) is 4.17. The maximum Gasteiger partial charge on any atom is 0.168 e.